The van der Waals surface area contributed by atoms with E-state index in [-0.39, 0.29) is 22.3 Å². The molecule has 1 unspecified atom stereocenters. The standard InChI is InChI=1S/C23H20ClN7O/c1-13-11-27-23(28-12-13)14(2)29-19-9-20(32)31(3)21-15(19)5-4-6-18(21)30-17-7-8-26-22(24)16(17)10-25/h4-9,11-12,14,29H,1-3H3,(H,26,30). The van der Waals surface area contributed by atoms with E-state index in [1.807, 2.05) is 32.0 Å². The number of benzene rings is 1. The van der Waals surface area contributed by atoms with E-state index in [2.05, 4.69) is 31.7 Å². The Hall–Kier alpha value is -3.96. The van der Waals surface area contributed by atoms with Crippen molar-refractivity contribution in [1.29, 1.82) is 5.26 Å². The topological polar surface area (TPSA) is 109 Å². The van der Waals surface area contributed by atoms with Gasteiger partial charge >= 0.3 is 0 Å². The van der Waals surface area contributed by atoms with Crippen LogP contribution >= 0.6 is 11.6 Å². The van der Waals surface area contributed by atoms with E-state index in [0.29, 0.717) is 28.4 Å². The first-order valence-electron chi connectivity index (χ1n) is 9.88. The highest BCUT2D eigenvalue weighted by Gasteiger charge is 2.16. The number of anilines is 3. The fourth-order valence-corrected chi connectivity index (χ4v) is 3.67. The highest BCUT2D eigenvalue weighted by molar-refractivity contribution is 6.31. The molecule has 3 heterocycles. The highest BCUT2D eigenvalue weighted by Crippen LogP contribution is 2.32. The van der Waals surface area contributed by atoms with Gasteiger partial charge in [-0.1, -0.05) is 23.7 Å². The van der Waals surface area contributed by atoms with Crippen molar-refractivity contribution in [2.45, 2.75) is 19.9 Å². The molecule has 0 radical (unpaired) electrons. The summed E-state index contributed by atoms with van der Waals surface area (Å²) in [6, 6.07) is 10.7. The molecule has 0 aliphatic rings. The molecule has 9 heteroatoms. The van der Waals surface area contributed by atoms with E-state index in [4.69, 9.17) is 11.6 Å². The van der Waals surface area contributed by atoms with Crippen LogP contribution in [0.5, 0.6) is 0 Å². The normalized spacial score (nSPS) is 11.7. The minimum atomic E-state index is -0.216. The third-order valence-corrected chi connectivity index (χ3v) is 5.39. The number of nitrogens with zero attached hydrogens (tertiary/aromatic N) is 5. The first-order chi connectivity index (χ1) is 15.4. The molecule has 0 aliphatic heterocycles. The van der Waals surface area contributed by atoms with Crippen LogP contribution in [0.1, 0.15) is 29.9 Å². The Morgan fingerprint density at radius 2 is 1.88 bits per heavy atom. The first-order valence-corrected chi connectivity index (χ1v) is 10.3. The number of fused-ring (bicyclic) bond motifs is 1. The van der Waals surface area contributed by atoms with Gasteiger partial charge in [-0.3, -0.25) is 4.79 Å². The fraction of sp³-hybridized carbons (Fsp3) is 0.174. The number of nitriles is 1. The number of para-hydroxylation sites is 1. The number of nitrogens with one attached hydrogen (secondary N) is 2. The molecule has 0 fully saturated rings. The molecule has 0 spiro atoms. The zero-order valence-electron chi connectivity index (χ0n) is 17.7. The van der Waals surface area contributed by atoms with Gasteiger partial charge < -0.3 is 15.2 Å². The van der Waals surface area contributed by atoms with Gasteiger partial charge in [-0.25, -0.2) is 15.0 Å². The molecule has 8 nitrogen and oxygen atoms in total. The summed E-state index contributed by atoms with van der Waals surface area (Å²) in [6.07, 6.45) is 5.04. The number of halogens is 1. The van der Waals surface area contributed by atoms with Crippen LogP contribution < -0.4 is 16.2 Å². The molecule has 1 atom stereocenters. The van der Waals surface area contributed by atoms with Crippen LogP contribution in [0.15, 0.2) is 53.7 Å². The van der Waals surface area contributed by atoms with Crippen molar-refractivity contribution in [3.63, 3.8) is 0 Å². The second kappa shape index (κ2) is 8.65. The predicted octanol–water partition coefficient (Wildman–Crippen LogP) is 4.47. The molecule has 4 rings (SSSR count). The van der Waals surface area contributed by atoms with E-state index < -0.39 is 0 Å². The third-order valence-electron chi connectivity index (χ3n) is 5.11. The molecular formula is C23H20ClN7O. The summed E-state index contributed by atoms with van der Waals surface area (Å²) in [5.74, 6) is 0.629. The van der Waals surface area contributed by atoms with E-state index >= 15 is 0 Å². The summed E-state index contributed by atoms with van der Waals surface area (Å²) in [5.41, 5.74) is 3.53. The van der Waals surface area contributed by atoms with Gasteiger partial charge in [-0.05, 0) is 31.5 Å². The molecule has 160 valence electrons. The SMILES string of the molecule is Cc1cnc(C(C)Nc2cc(=O)n(C)c3c(Nc4ccnc(Cl)c4C#N)cccc23)nc1. The molecular weight excluding hydrogens is 426 g/mol. The Labute approximate surface area is 189 Å². The largest absolute Gasteiger partial charge is 0.375 e. The lowest BCUT2D eigenvalue weighted by Crippen LogP contribution is -2.19. The van der Waals surface area contributed by atoms with Gasteiger partial charge in [0.25, 0.3) is 5.56 Å². The molecule has 0 bridgehead atoms. The van der Waals surface area contributed by atoms with Gasteiger partial charge in [-0.2, -0.15) is 5.26 Å². The van der Waals surface area contributed by atoms with Crippen LogP contribution in [0.25, 0.3) is 10.9 Å². The average Bonchev–Trinajstić information content (AvgIpc) is 2.78. The molecule has 0 aliphatic carbocycles. The van der Waals surface area contributed by atoms with Gasteiger partial charge in [0, 0.05) is 42.8 Å². The maximum absolute atomic E-state index is 12.8. The smallest absolute Gasteiger partial charge is 0.252 e. The van der Waals surface area contributed by atoms with E-state index in [1.54, 1.807) is 36.1 Å². The summed E-state index contributed by atoms with van der Waals surface area (Å²) >= 11 is 6.07. The van der Waals surface area contributed by atoms with Gasteiger partial charge in [-0.15, -0.1) is 0 Å². The van der Waals surface area contributed by atoms with Crippen molar-refractivity contribution >= 4 is 39.6 Å². The number of hydrogen-bond donors (Lipinski definition) is 2. The molecule has 3 aromatic heterocycles. The average molecular weight is 446 g/mol. The zero-order valence-corrected chi connectivity index (χ0v) is 18.5. The highest BCUT2D eigenvalue weighted by atomic mass is 35.5. The van der Waals surface area contributed by atoms with Crippen LogP contribution in [-0.4, -0.2) is 19.5 Å². The van der Waals surface area contributed by atoms with Crippen molar-refractivity contribution in [2.24, 2.45) is 7.05 Å². The lowest BCUT2D eigenvalue weighted by Gasteiger charge is -2.19. The Kier molecular flexibility index (Phi) is 5.75. The Morgan fingerprint density at radius 1 is 1.12 bits per heavy atom. The lowest BCUT2D eigenvalue weighted by atomic mass is 10.1. The van der Waals surface area contributed by atoms with Crippen molar-refractivity contribution < 1.29 is 0 Å². The molecule has 0 amide bonds. The molecule has 2 N–H and O–H groups in total. The summed E-state index contributed by atoms with van der Waals surface area (Å²) in [5, 5.41) is 17.0. The maximum Gasteiger partial charge on any atom is 0.252 e. The first kappa shape index (κ1) is 21.3. The van der Waals surface area contributed by atoms with Crippen LogP contribution in [0.2, 0.25) is 5.15 Å². The Morgan fingerprint density at radius 3 is 2.59 bits per heavy atom. The summed E-state index contributed by atoms with van der Waals surface area (Å²) in [4.78, 5) is 25.5. The Balaban J connectivity index is 1.80. The van der Waals surface area contributed by atoms with Gasteiger partial charge in [0.15, 0.2) is 0 Å². The lowest BCUT2D eigenvalue weighted by molar-refractivity contribution is 0.785. The molecule has 1 aromatic carbocycles. The monoisotopic (exact) mass is 445 g/mol. The van der Waals surface area contributed by atoms with Gasteiger partial charge in [0.2, 0.25) is 0 Å². The maximum atomic E-state index is 12.8. The van der Waals surface area contributed by atoms with Crippen LogP contribution in [0, 0.1) is 18.3 Å². The van der Waals surface area contributed by atoms with Crippen molar-refractivity contribution in [1.82, 2.24) is 19.5 Å². The predicted molar refractivity (Wildman–Crippen MR) is 125 cm³/mol. The van der Waals surface area contributed by atoms with Crippen LogP contribution in [-0.2, 0) is 7.05 Å². The number of rotatable bonds is 5. The van der Waals surface area contributed by atoms with Gasteiger partial charge in [0.1, 0.15) is 22.6 Å². The Bertz CT molecular complexity index is 1410. The number of pyridine rings is 2. The second-order valence-corrected chi connectivity index (χ2v) is 7.76. The van der Waals surface area contributed by atoms with E-state index in [0.717, 1.165) is 10.9 Å². The third kappa shape index (κ3) is 3.98. The second-order valence-electron chi connectivity index (χ2n) is 7.40. The quantitative estimate of drug-likeness (QED) is 0.436. The molecule has 0 saturated heterocycles. The van der Waals surface area contributed by atoms with E-state index in [1.165, 1.54) is 6.20 Å². The minimum Gasteiger partial charge on any atom is -0.375 e. The molecule has 32 heavy (non-hydrogen) atoms. The van der Waals surface area contributed by atoms with Gasteiger partial charge in [0.05, 0.1) is 22.9 Å². The molecule has 4 aromatic rings. The summed E-state index contributed by atoms with van der Waals surface area (Å²) in [6.45, 7) is 3.87. The van der Waals surface area contributed by atoms with Crippen molar-refractivity contribution in [3.8, 4) is 6.07 Å². The minimum absolute atomic E-state index is 0.112. The number of aromatic nitrogens is 4. The number of aryl methyl sites for hydroxylation is 2. The number of hydrogen-bond acceptors (Lipinski definition) is 7. The fourth-order valence-electron chi connectivity index (χ4n) is 3.47. The zero-order chi connectivity index (χ0) is 22.8. The van der Waals surface area contributed by atoms with Crippen molar-refractivity contribution in [3.05, 3.63) is 81.4 Å². The summed E-state index contributed by atoms with van der Waals surface area (Å²) < 4.78 is 1.56. The van der Waals surface area contributed by atoms with Crippen LogP contribution in [0.3, 0.4) is 0 Å². The van der Waals surface area contributed by atoms with Crippen molar-refractivity contribution in [2.75, 3.05) is 10.6 Å². The van der Waals surface area contributed by atoms with E-state index in [9.17, 15) is 10.1 Å². The summed E-state index contributed by atoms with van der Waals surface area (Å²) in [7, 11) is 1.71. The molecule has 0 saturated carbocycles. The van der Waals surface area contributed by atoms with Crippen LogP contribution in [0.4, 0.5) is 17.1 Å².